The van der Waals surface area contributed by atoms with Gasteiger partial charge >= 0.3 is 0 Å². The van der Waals surface area contributed by atoms with Crippen LogP contribution < -0.4 is 5.32 Å². The van der Waals surface area contributed by atoms with Crippen LogP contribution in [0.25, 0.3) is 0 Å². The van der Waals surface area contributed by atoms with Crippen LogP contribution in [0.1, 0.15) is 30.9 Å². The fraction of sp³-hybridized carbons (Fsp3) is 0.647. The molecule has 1 aromatic rings. The van der Waals surface area contributed by atoms with Gasteiger partial charge in [-0.25, -0.2) is 0 Å². The van der Waals surface area contributed by atoms with Crippen LogP contribution in [-0.2, 0) is 0 Å². The summed E-state index contributed by atoms with van der Waals surface area (Å²) in [7, 11) is 2.07. The standard InChI is InChI=1S/C17H26BrN3/c1-19-17(14-4-2-5-15(18)12-14)7-9-20-10-11-21-8-3-6-16(21)13-20/h2,4-5,12,16-17,19H,3,6-11,13H2,1H3. The van der Waals surface area contributed by atoms with Gasteiger partial charge in [-0.2, -0.15) is 0 Å². The Labute approximate surface area is 136 Å². The van der Waals surface area contributed by atoms with Crippen LogP contribution in [0, 0.1) is 0 Å². The first-order valence-corrected chi connectivity index (χ1v) is 8.94. The van der Waals surface area contributed by atoms with Crippen molar-refractivity contribution in [1.29, 1.82) is 0 Å². The second-order valence-corrected chi connectivity index (χ2v) is 7.23. The Hall–Kier alpha value is -0.420. The summed E-state index contributed by atoms with van der Waals surface area (Å²) in [6.45, 7) is 6.31. The van der Waals surface area contributed by atoms with Gasteiger partial charge in [-0.15, -0.1) is 0 Å². The highest BCUT2D eigenvalue weighted by atomic mass is 79.9. The van der Waals surface area contributed by atoms with Crippen molar-refractivity contribution in [2.75, 3.05) is 39.8 Å². The highest BCUT2D eigenvalue weighted by Crippen LogP contribution is 2.24. The van der Waals surface area contributed by atoms with E-state index in [0.717, 1.165) is 6.04 Å². The van der Waals surface area contributed by atoms with Crippen LogP contribution in [0.15, 0.2) is 28.7 Å². The minimum absolute atomic E-state index is 0.448. The van der Waals surface area contributed by atoms with Gasteiger partial charge < -0.3 is 10.2 Å². The maximum absolute atomic E-state index is 3.57. The highest BCUT2D eigenvalue weighted by molar-refractivity contribution is 9.10. The summed E-state index contributed by atoms with van der Waals surface area (Å²) in [5.74, 6) is 0. The fourth-order valence-corrected chi connectivity index (χ4v) is 4.19. The first-order valence-electron chi connectivity index (χ1n) is 8.15. The summed E-state index contributed by atoms with van der Waals surface area (Å²) in [6.07, 6.45) is 3.98. The van der Waals surface area contributed by atoms with Crippen LogP contribution >= 0.6 is 15.9 Å². The van der Waals surface area contributed by atoms with E-state index in [2.05, 4.69) is 62.4 Å². The molecule has 0 aliphatic carbocycles. The molecule has 2 unspecified atom stereocenters. The van der Waals surface area contributed by atoms with E-state index >= 15 is 0 Å². The summed E-state index contributed by atoms with van der Waals surface area (Å²) in [6, 6.07) is 9.95. The van der Waals surface area contributed by atoms with E-state index in [9.17, 15) is 0 Å². The third kappa shape index (κ3) is 3.86. The quantitative estimate of drug-likeness (QED) is 0.879. The second kappa shape index (κ2) is 7.23. The molecule has 3 rings (SSSR count). The number of piperazine rings is 1. The molecular weight excluding hydrogens is 326 g/mol. The molecule has 0 bridgehead atoms. The third-order valence-electron chi connectivity index (χ3n) is 5.00. The average molecular weight is 352 g/mol. The number of benzene rings is 1. The summed E-state index contributed by atoms with van der Waals surface area (Å²) in [5, 5.41) is 3.47. The second-order valence-electron chi connectivity index (χ2n) is 6.32. The average Bonchev–Trinajstić information content (AvgIpc) is 2.95. The van der Waals surface area contributed by atoms with Crippen molar-refractivity contribution >= 4 is 15.9 Å². The molecule has 2 saturated heterocycles. The molecule has 0 aromatic heterocycles. The molecular formula is C17H26BrN3. The Morgan fingerprint density at radius 1 is 1.33 bits per heavy atom. The smallest absolute Gasteiger partial charge is 0.0330 e. The molecule has 1 N–H and O–H groups in total. The van der Waals surface area contributed by atoms with E-state index in [-0.39, 0.29) is 0 Å². The Balaban J connectivity index is 1.53. The van der Waals surface area contributed by atoms with Crippen molar-refractivity contribution in [3.8, 4) is 0 Å². The Morgan fingerprint density at radius 3 is 3.05 bits per heavy atom. The Kier molecular flexibility index (Phi) is 5.33. The lowest BCUT2D eigenvalue weighted by molar-refractivity contribution is 0.101. The van der Waals surface area contributed by atoms with Crippen molar-refractivity contribution in [2.45, 2.75) is 31.3 Å². The van der Waals surface area contributed by atoms with Gasteiger partial charge in [0.05, 0.1) is 0 Å². The summed E-state index contributed by atoms with van der Waals surface area (Å²) >= 11 is 3.57. The van der Waals surface area contributed by atoms with Crippen molar-refractivity contribution in [3.05, 3.63) is 34.3 Å². The van der Waals surface area contributed by atoms with Crippen molar-refractivity contribution < 1.29 is 0 Å². The summed E-state index contributed by atoms with van der Waals surface area (Å²) in [4.78, 5) is 5.34. The van der Waals surface area contributed by atoms with E-state index in [0.29, 0.717) is 6.04 Å². The number of rotatable bonds is 5. The van der Waals surface area contributed by atoms with E-state index in [1.54, 1.807) is 0 Å². The number of halogens is 1. The zero-order valence-electron chi connectivity index (χ0n) is 12.9. The van der Waals surface area contributed by atoms with E-state index < -0.39 is 0 Å². The molecule has 0 spiro atoms. The first kappa shape index (κ1) is 15.5. The molecule has 116 valence electrons. The van der Waals surface area contributed by atoms with Gasteiger partial charge in [0.25, 0.3) is 0 Å². The summed E-state index contributed by atoms with van der Waals surface area (Å²) < 4.78 is 1.17. The number of hydrogen-bond acceptors (Lipinski definition) is 3. The normalized spacial score (nSPS) is 25.0. The van der Waals surface area contributed by atoms with Crippen LogP contribution in [-0.4, -0.2) is 55.6 Å². The van der Waals surface area contributed by atoms with E-state index in [1.807, 2.05) is 0 Å². The van der Waals surface area contributed by atoms with Crippen molar-refractivity contribution in [3.63, 3.8) is 0 Å². The van der Waals surface area contributed by atoms with Gasteiger partial charge in [0.1, 0.15) is 0 Å². The Bertz CT molecular complexity index is 465. The van der Waals surface area contributed by atoms with Crippen LogP contribution in [0.4, 0.5) is 0 Å². The minimum atomic E-state index is 0.448. The minimum Gasteiger partial charge on any atom is -0.313 e. The number of hydrogen-bond donors (Lipinski definition) is 1. The van der Waals surface area contributed by atoms with Gasteiger partial charge in [0.2, 0.25) is 0 Å². The Morgan fingerprint density at radius 2 is 2.24 bits per heavy atom. The van der Waals surface area contributed by atoms with Crippen molar-refractivity contribution in [1.82, 2.24) is 15.1 Å². The van der Waals surface area contributed by atoms with Crippen molar-refractivity contribution in [2.24, 2.45) is 0 Å². The molecule has 21 heavy (non-hydrogen) atoms. The maximum atomic E-state index is 3.57. The molecule has 2 fully saturated rings. The molecule has 2 atom stereocenters. The molecule has 2 aliphatic heterocycles. The molecule has 1 aromatic carbocycles. The molecule has 2 heterocycles. The van der Waals surface area contributed by atoms with Crippen LogP contribution in [0.3, 0.4) is 0 Å². The number of nitrogens with zero attached hydrogens (tertiary/aromatic N) is 2. The molecule has 3 nitrogen and oxygen atoms in total. The lowest BCUT2D eigenvalue weighted by Crippen LogP contribution is -2.50. The maximum Gasteiger partial charge on any atom is 0.0330 e. The van der Waals surface area contributed by atoms with Gasteiger partial charge in [-0.1, -0.05) is 28.1 Å². The lowest BCUT2D eigenvalue weighted by Gasteiger charge is -2.38. The van der Waals surface area contributed by atoms with Gasteiger partial charge in [0, 0.05) is 42.7 Å². The lowest BCUT2D eigenvalue weighted by atomic mass is 10.0. The predicted molar refractivity (Wildman–Crippen MR) is 91.6 cm³/mol. The molecule has 4 heteroatoms. The van der Waals surface area contributed by atoms with E-state index in [1.165, 1.54) is 62.0 Å². The highest BCUT2D eigenvalue weighted by Gasteiger charge is 2.30. The number of nitrogens with one attached hydrogen (secondary N) is 1. The van der Waals surface area contributed by atoms with Gasteiger partial charge in [-0.05, 0) is 50.6 Å². The monoisotopic (exact) mass is 351 g/mol. The predicted octanol–water partition coefficient (Wildman–Crippen LogP) is 2.88. The third-order valence-corrected chi connectivity index (χ3v) is 5.50. The number of fused-ring (bicyclic) bond motifs is 1. The topological polar surface area (TPSA) is 18.5 Å². The summed E-state index contributed by atoms with van der Waals surface area (Å²) in [5.41, 5.74) is 1.38. The molecule has 0 radical (unpaired) electrons. The van der Waals surface area contributed by atoms with Crippen LogP contribution in [0.5, 0.6) is 0 Å². The zero-order chi connectivity index (χ0) is 14.7. The largest absolute Gasteiger partial charge is 0.313 e. The molecule has 2 aliphatic rings. The van der Waals surface area contributed by atoms with E-state index in [4.69, 9.17) is 0 Å². The van der Waals surface area contributed by atoms with Gasteiger partial charge in [0.15, 0.2) is 0 Å². The fourth-order valence-electron chi connectivity index (χ4n) is 3.77. The van der Waals surface area contributed by atoms with Crippen LogP contribution in [0.2, 0.25) is 0 Å². The molecule has 0 amide bonds. The molecule has 0 saturated carbocycles. The zero-order valence-corrected chi connectivity index (χ0v) is 14.5. The SMILES string of the molecule is CNC(CCN1CCN2CCCC2C1)c1cccc(Br)c1. The van der Waals surface area contributed by atoms with Gasteiger partial charge in [-0.3, -0.25) is 4.90 Å². The first-order chi connectivity index (χ1) is 10.3.